The average molecular weight is 262 g/mol. The van der Waals surface area contributed by atoms with Crippen molar-refractivity contribution < 1.29 is 9.53 Å². The van der Waals surface area contributed by atoms with E-state index in [4.69, 9.17) is 27.9 Å². The van der Waals surface area contributed by atoms with Gasteiger partial charge in [-0.05, 0) is 24.5 Å². The zero-order chi connectivity index (χ0) is 12.1. The average Bonchev–Trinajstić information content (AvgIpc) is 2.15. The van der Waals surface area contributed by atoms with E-state index < -0.39 is 5.97 Å². The predicted octanol–water partition coefficient (Wildman–Crippen LogP) is 3.59. The molecule has 3 nitrogen and oxygen atoms in total. The molecule has 0 amide bonds. The lowest BCUT2D eigenvalue weighted by Gasteiger charge is -2.07. The summed E-state index contributed by atoms with van der Waals surface area (Å²) in [6, 6.07) is 2.87. The highest BCUT2D eigenvalue weighted by Crippen LogP contribution is 2.15. The number of ether oxygens (including phenoxy) is 1. The molecule has 0 unspecified atom stereocenters. The number of carbonyl (C=O) groups excluding carboxylic acids is 1. The van der Waals surface area contributed by atoms with Crippen molar-refractivity contribution in [3.63, 3.8) is 0 Å². The maximum atomic E-state index is 11.6. The van der Waals surface area contributed by atoms with Gasteiger partial charge in [0.05, 0.1) is 12.2 Å². The number of esters is 1. The van der Waals surface area contributed by atoms with E-state index in [0.29, 0.717) is 18.1 Å². The standard InChI is InChI=1S/C11H13Cl2NO2/c1-7(2)3-4-16-11(15)8-5-9(12)14-10(13)6-8/h5-7H,3-4H2,1-2H3. The van der Waals surface area contributed by atoms with Gasteiger partial charge in [0.2, 0.25) is 0 Å². The van der Waals surface area contributed by atoms with Gasteiger partial charge in [-0.15, -0.1) is 0 Å². The molecule has 0 aliphatic rings. The Kier molecular flexibility index (Phi) is 5.03. The normalized spacial score (nSPS) is 10.6. The summed E-state index contributed by atoms with van der Waals surface area (Å²) in [7, 11) is 0. The van der Waals surface area contributed by atoms with Crippen molar-refractivity contribution >= 4 is 29.2 Å². The molecule has 5 heteroatoms. The van der Waals surface area contributed by atoms with E-state index in [9.17, 15) is 4.79 Å². The first-order chi connectivity index (χ1) is 7.49. The van der Waals surface area contributed by atoms with Crippen LogP contribution in [0.1, 0.15) is 30.6 Å². The lowest BCUT2D eigenvalue weighted by Crippen LogP contribution is -2.08. The third-order valence-corrected chi connectivity index (χ3v) is 2.31. The van der Waals surface area contributed by atoms with Gasteiger partial charge in [-0.3, -0.25) is 0 Å². The van der Waals surface area contributed by atoms with Crippen LogP contribution < -0.4 is 0 Å². The summed E-state index contributed by atoms with van der Waals surface area (Å²) in [5.41, 5.74) is 0.328. The maximum Gasteiger partial charge on any atom is 0.338 e. The van der Waals surface area contributed by atoms with Crippen LogP contribution in [0.4, 0.5) is 0 Å². The number of hydrogen-bond donors (Lipinski definition) is 0. The first kappa shape index (κ1) is 13.3. The molecule has 0 aromatic carbocycles. The molecule has 0 aliphatic carbocycles. The Morgan fingerprint density at radius 1 is 1.38 bits per heavy atom. The van der Waals surface area contributed by atoms with Gasteiger partial charge in [0.1, 0.15) is 10.3 Å². The van der Waals surface area contributed by atoms with Crippen LogP contribution in [0.25, 0.3) is 0 Å². The number of carbonyl (C=O) groups is 1. The van der Waals surface area contributed by atoms with Crippen molar-refractivity contribution in [1.82, 2.24) is 4.98 Å². The summed E-state index contributed by atoms with van der Waals surface area (Å²) >= 11 is 11.4. The molecule has 16 heavy (non-hydrogen) atoms. The highest BCUT2D eigenvalue weighted by molar-refractivity contribution is 6.32. The van der Waals surface area contributed by atoms with Crippen LogP contribution in [0.15, 0.2) is 12.1 Å². The molecule has 0 spiro atoms. The van der Waals surface area contributed by atoms with Crippen LogP contribution in [-0.2, 0) is 4.74 Å². The van der Waals surface area contributed by atoms with Crippen LogP contribution >= 0.6 is 23.2 Å². The van der Waals surface area contributed by atoms with E-state index in [1.807, 2.05) is 0 Å². The molecule has 0 saturated carbocycles. The SMILES string of the molecule is CC(C)CCOC(=O)c1cc(Cl)nc(Cl)c1. The van der Waals surface area contributed by atoms with E-state index in [0.717, 1.165) is 6.42 Å². The Morgan fingerprint density at radius 3 is 2.44 bits per heavy atom. The molecule has 0 radical (unpaired) electrons. The minimum atomic E-state index is -0.424. The van der Waals surface area contributed by atoms with Gasteiger partial charge >= 0.3 is 5.97 Å². The number of hydrogen-bond acceptors (Lipinski definition) is 3. The van der Waals surface area contributed by atoms with Gasteiger partial charge in [0.25, 0.3) is 0 Å². The fraction of sp³-hybridized carbons (Fsp3) is 0.455. The van der Waals surface area contributed by atoms with E-state index in [1.54, 1.807) is 0 Å². The number of nitrogens with zero attached hydrogens (tertiary/aromatic N) is 1. The van der Waals surface area contributed by atoms with Crippen LogP contribution in [-0.4, -0.2) is 17.6 Å². The first-order valence-electron chi connectivity index (χ1n) is 4.99. The van der Waals surface area contributed by atoms with Crippen molar-refractivity contribution in [2.24, 2.45) is 5.92 Å². The fourth-order valence-corrected chi connectivity index (χ4v) is 1.51. The molecule has 0 bridgehead atoms. The van der Waals surface area contributed by atoms with Crippen molar-refractivity contribution in [3.05, 3.63) is 28.0 Å². The zero-order valence-corrected chi connectivity index (χ0v) is 10.7. The smallest absolute Gasteiger partial charge is 0.338 e. The van der Waals surface area contributed by atoms with Gasteiger partial charge in [0.15, 0.2) is 0 Å². The van der Waals surface area contributed by atoms with Gasteiger partial charge in [-0.25, -0.2) is 9.78 Å². The molecule has 1 rings (SSSR count). The Morgan fingerprint density at radius 2 is 1.94 bits per heavy atom. The molecule has 1 heterocycles. The number of aromatic nitrogens is 1. The van der Waals surface area contributed by atoms with Crippen molar-refractivity contribution in [2.75, 3.05) is 6.61 Å². The van der Waals surface area contributed by atoms with E-state index >= 15 is 0 Å². The zero-order valence-electron chi connectivity index (χ0n) is 9.17. The number of rotatable bonds is 4. The Bertz CT molecular complexity index is 360. The fourth-order valence-electron chi connectivity index (χ4n) is 1.05. The van der Waals surface area contributed by atoms with Crippen LogP contribution in [0.5, 0.6) is 0 Å². The highest BCUT2D eigenvalue weighted by Gasteiger charge is 2.10. The summed E-state index contributed by atoms with van der Waals surface area (Å²) in [5, 5.41) is 0.367. The van der Waals surface area contributed by atoms with Crippen molar-refractivity contribution in [1.29, 1.82) is 0 Å². The van der Waals surface area contributed by atoms with Crippen LogP contribution in [0.2, 0.25) is 10.3 Å². The van der Waals surface area contributed by atoms with E-state index in [2.05, 4.69) is 18.8 Å². The summed E-state index contributed by atoms with van der Waals surface area (Å²) in [5.74, 6) is 0.0734. The van der Waals surface area contributed by atoms with Gasteiger partial charge < -0.3 is 4.74 Å². The lowest BCUT2D eigenvalue weighted by molar-refractivity contribution is 0.0488. The van der Waals surface area contributed by atoms with Crippen LogP contribution in [0.3, 0.4) is 0 Å². The Hall–Kier alpha value is -0.800. The van der Waals surface area contributed by atoms with E-state index in [-0.39, 0.29) is 10.3 Å². The molecule has 0 saturated heterocycles. The molecular weight excluding hydrogens is 249 g/mol. The summed E-state index contributed by atoms with van der Waals surface area (Å²) < 4.78 is 5.06. The third kappa shape index (κ3) is 4.37. The molecule has 1 aromatic rings. The first-order valence-corrected chi connectivity index (χ1v) is 5.75. The summed E-state index contributed by atoms with van der Waals surface area (Å²) in [4.78, 5) is 15.3. The van der Waals surface area contributed by atoms with Gasteiger partial charge in [-0.1, -0.05) is 37.0 Å². The summed E-state index contributed by atoms with van der Waals surface area (Å²) in [6.45, 7) is 4.52. The topological polar surface area (TPSA) is 39.2 Å². The van der Waals surface area contributed by atoms with Gasteiger partial charge in [0, 0.05) is 0 Å². The minimum absolute atomic E-state index is 0.184. The summed E-state index contributed by atoms with van der Waals surface area (Å²) in [6.07, 6.45) is 0.832. The van der Waals surface area contributed by atoms with Crippen molar-refractivity contribution in [2.45, 2.75) is 20.3 Å². The Labute approximate surface area is 105 Å². The molecular formula is C11H13Cl2NO2. The number of pyridine rings is 1. The second-order valence-corrected chi connectivity index (χ2v) is 4.59. The Balaban J connectivity index is 2.59. The highest BCUT2D eigenvalue weighted by atomic mass is 35.5. The van der Waals surface area contributed by atoms with Crippen LogP contribution in [0, 0.1) is 5.92 Å². The molecule has 0 fully saturated rings. The quantitative estimate of drug-likeness (QED) is 0.614. The molecule has 0 aliphatic heterocycles. The molecule has 0 N–H and O–H groups in total. The molecule has 88 valence electrons. The minimum Gasteiger partial charge on any atom is -0.462 e. The third-order valence-electron chi connectivity index (χ3n) is 1.93. The van der Waals surface area contributed by atoms with Crippen molar-refractivity contribution in [3.8, 4) is 0 Å². The number of halogens is 2. The largest absolute Gasteiger partial charge is 0.462 e. The lowest BCUT2D eigenvalue weighted by atomic mass is 10.1. The molecule has 1 aromatic heterocycles. The predicted molar refractivity (Wildman–Crippen MR) is 64.0 cm³/mol. The van der Waals surface area contributed by atoms with E-state index in [1.165, 1.54) is 12.1 Å². The molecule has 0 atom stereocenters. The van der Waals surface area contributed by atoms with Gasteiger partial charge in [-0.2, -0.15) is 0 Å². The second-order valence-electron chi connectivity index (χ2n) is 3.82. The monoisotopic (exact) mass is 261 g/mol. The maximum absolute atomic E-state index is 11.6. The second kappa shape index (κ2) is 6.06.